The summed E-state index contributed by atoms with van der Waals surface area (Å²) >= 11 is 5.32. The normalized spacial score (nSPS) is 13.1. The van der Waals surface area contributed by atoms with Crippen molar-refractivity contribution in [3.8, 4) is 0 Å². The second-order valence-corrected chi connectivity index (χ2v) is 3.49. The first kappa shape index (κ1) is 16.4. The Hall–Kier alpha value is -0.590. The molecule has 0 amide bonds. The molecule has 1 aromatic carbocycles. The van der Waals surface area contributed by atoms with Crippen LogP contribution in [0.3, 0.4) is 0 Å². The third kappa shape index (κ3) is 3.43. The van der Waals surface area contributed by atoms with Crippen LogP contribution >= 0.6 is 24.0 Å². The maximum Gasteiger partial charge on any atom is 0.416 e. The van der Waals surface area contributed by atoms with E-state index in [1.54, 1.807) is 0 Å². The van der Waals surface area contributed by atoms with Crippen LogP contribution in [0.5, 0.6) is 0 Å². The topological polar surface area (TPSA) is 26.0 Å². The molecule has 0 radical (unpaired) electrons. The standard InChI is InChI=1S/C9H7ClF5N.ClH/c10-5-2-1-4(9(13,14)15)7(8(5)12)6(16)3-11;/h1-2,6H,3,16H2;1H/t6-;/m0./s1. The number of alkyl halides is 4. The molecule has 1 atom stereocenters. The number of benzene rings is 1. The molecule has 1 nitrogen and oxygen atoms in total. The van der Waals surface area contributed by atoms with Crippen molar-refractivity contribution in [2.45, 2.75) is 12.2 Å². The first-order chi connectivity index (χ1) is 7.29. The first-order valence-corrected chi connectivity index (χ1v) is 4.53. The van der Waals surface area contributed by atoms with Crippen LogP contribution in [0.1, 0.15) is 17.2 Å². The molecule has 0 saturated heterocycles. The van der Waals surface area contributed by atoms with Crippen molar-refractivity contribution < 1.29 is 22.0 Å². The number of hydrogen-bond donors (Lipinski definition) is 1. The van der Waals surface area contributed by atoms with Crippen LogP contribution in [0, 0.1) is 5.82 Å². The van der Waals surface area contributed by atoms with Crippen LogP contribution in [-0.4, -0.2) is 6.67 Å². The van der Waals surface area contributed by atoms with Crippen molar-refractivity contribution in [2.24, 2.45) is 5.73 Å². The number of nitrogens with two attached hydrogens (primary N) is 1. The van der Waals surface area contributed by atoms with Crippen molar-refractivity contribution >= 4 is 24.0 Å². The average molecular weight is 296 g/mol. The predicted molar refractivity (Wildman–Crippen MR) is 56.6 cm³/mol. The van der Waals surface area contributed by atoms with E-state index >= 15 is 0 Å². The summed E-state index contributed by atoms with van der Waals surface area (Å²) < 4.78 is 63.0. The molecule has 0 spiro atoms. The van der Waals surface area contributed by atoms with Gasteiger partial charge in [0.15, 0.2) is 0 Å². The lowest BCUT2D eigenvalue weighted by Crippen LogP contribution is -2.20. The molecule has 98 valence electrons. The van der Waals surface area contributed by atoms with Gasteiger partial charge in [0.05, 0.1) is 16.6 Å². The fourth-order valence-corrected chi connectivity index (χ4v) is 1.42. The third-order valence-corrected chi connectivity index (χ3v) is 2.27. The second-order valence-electron chi connectivity index (χ2n) is 3.08. The Balaban J connectivity index is 0.00000256. The van der Waals surface area contributed by atoms with Crippen molar-refractivity contribution in [3.63, 3.8) is 0 Å². The Morgan fingerprint density at radius 1 is 1.29 bits per heavy atom. The molecule has 0 heterocycles. The zero-order chi connectivity index (χ0) is 12.5. The summed E-state index contributed by atoms with van der Waals surface area (Å²) in [6, 6.07) is -0.347. The lowest BCUT2D eigenvalue weighted by molar-refractivity contribution is -0.138. The van der Waals surface area contributed by atoms with Gasteiger partial charge in [-0.3, -0.25) is 0 Å². The fraction of sp³-hybridized carbons (Fsp3) is 0.333. The highest BCUT2D eigenvalue weighted by Gasteiger charge is 2.36. The van der Waals surface area contributed by atoms with E-state index in [0.717, 1.165) is 6.07 Å². The summed E-state index contributed by atoms with van der Waals surface area (Å²) in [6.07, 6.45) is -4.80. The maximum atomic E-state index is 13.4. The summed E-state index contributed by atoms with van der Waals surface area (Å²) in [7, 11) is 0. The summed E-state index contributed by atoms with van der Waals surface area (Å²) in [4.78, 5) is 0. The lowest BCUT2D eigenvalue weighted by atomic mass is 10.0. The minimum atomic E-state index is -4.80. The molecule has 0 aliphatic heterocycles. The van der Waals surface area contributed by atoms with E-state index in [4.69, 9.17) is 17.3 Å². The Labute approximate surface area is 105 Å². The molecule has 0 saturated carbocycles. The summed E-state index contributed by atoms with van der Waals surface area (Å²) in [5.41, 5.74) is 2.84. The Morgan fingerprint density at radius 3 is 2.24 bits per heavy atom. The van der Waals surface area contributed by atoms with Crippen molar-refractivity contribution in [3.05, 3.63) is 34.1 Å². The number of rotatable bonds is 2. The molecule has 0 fully saturated rings. The van der Waals surface area contributed by atoms with Gasteiger partial charge in [0.1, 0.15) is 12.5 Å². The molecule has 0 bridgehead atoms. The first-order valence-electron chi connectivity index (χ1n) is 4.15. The molecule has 2 N–H and O–H groups in total. The van der Waals surface area contributed by atoms with Crippen LogP contribution in [0.4, 0.5) is 22.0 Å². The van der Waals surface area contributed by atoms with Gasteiger partial charge >= 0.3 is 6.18 Å². The van der Waals surface area contributed by atoms with Crippen molar-refractivity contribution in [2.75, 3.05) is 6.67 Å². The van der Waals surface area contributed by atoms with E-state index < -0.39 is 40.9 Å². The predicted octanol–water partition coefficient (Wildman–Crippen LogP) is 3.89. The molecule has 0 aromatic heterocycles. The van der Waals surface area contributed by atoms with Gasteiger partial charge in [-0.15, -0.1) is 12.4 Å². The zero-order valence-corrected chi connectivity index (χ0v) is 9.76. The van der Waals surface area contributed by atoms with E-state index in [1.807, 2.05) is 0 Å². The molecule has 17 heavy (non-hydrogen) atoms. The number of hydrogen-bond acceptors (Lipinski definition) is 1. The molecule has 1 aromatic rings. The molecule has 1 rings (SSSR count). The van der Waals surface area contributed by atoms with Crippen LogP contribution in [-0.2, 0) is 6.18 Å². The van der Waals surface area contributed by atoms with Crippen LogP contribution in [0.25, 0.3) is 0 Å². The minimum absolute atomic E-state index is 0. The highest BCUT2D eigenvalue weighted by Crippen LogP contribution is 2.37. The van der Waals surface area contributed by atoms with Crippen molar-refractivity contribution in [1.82, 2.24) is 0 Å². The van der Waals surface area contributed by atoms with E-state index in [0.29, 0.717) is 6.07 Å². The Kier molecular flexibility index (Phi) is 5.64. The SMILES string of the molecule is Cl.N[C@@H](CF)c1c(C(F)(F)F)ccc(Cl)c1F. The molecular formula is C9H8Cl2F5N. The van der Waals surface area contributed by atoms with Crippen LogP contribution < -0.4 is 5.73 Å². The molecule has 0 aliphatic carbocycles. The van der Waals surface area contributed by atoms with E-state index in [2.05, 4.69) is 0 Å². The van der Waals surface area contributed by atoms with Gasteiger partial charge in [0, 0.05) is 5.56 Å². The van der Waals surface area contributed by atoms with Gasteiger partial charge < -0.3 is 5.73 Å². The summed E-state index contributed by atoms with van der Waals surface area (Å²) in [5.74, 6) is -1.33. The fourth-order valence-electron chi connectivity index (χ4n) is 1.25. The lowest BCUT2D eigenvalue weighted by Gasteiger charge is -2.17. The zero-order valence-electron chi connectivity index (χ0n) is 8.19. The highest BCUT2D eigenvalue weighted by molar-refractivity contribution is 6.30. The van der Waals surface area contributed by atoms with Crippen molar-refractivity contribution in [1.29, 1.82) is 0 Å². The van der Waals surface area contributed by atoms with Crippen LogP contribution in [0.15, 0.2) is 12.1 Å². The van der Waals surface area contributed by atoms with Gasteiger partial charge in [0.2, 0.25) is 0 Å². The van der Waals surface area contributed by atoms with Gasteiger partial charge in [0.25, 0.3) is 0 Å². The molecule has 0 unspecified atom stereocenters. The molecule has 8 heteroatoms. The average Bonchev–Trinajstić information content (AvgIpc) is 2.19. The third-order valence-electron chi connectivity index (χ3n) is 1.98. The minimum Gasteiger partial charge on any atom is -0.322 e. The number of halogens is 7. The Bertz CT molecular complexity index is 394. The maximum absolute atomic E-state index is 13.4. The Morgan fingerprint density at radius 2 is 1.82 bits per heavy atom. The monoisotopic (exact) mass is 295 g/mol. The van der Waals surface area contributed by atoms with E-state index in [1.165, 1.54) is 0 Å². The smallest absolute Gasteiger partial charge is 0.322 e. The quantitative estimate of drug-likeness (QED) is 0.823. The van der Waals surface area contributed by atoms with Gasteiger partial charge in [-0.25, -0.2) is 8.78 Å². The van der Waals surface area contributed by atoms with E-state index in [-0.39, 0.29) is 12.4 Å². The summed E-state index contributed by atoms with van der Waals surface area (Å²) in [6.45, 7) is -1.31. The molecule has 0 aliphatic rings. The second kappa shape index (κ2) is 5.84. The van der Waals surface area contributed by atoms with E-state index in [9.17, 15) is 22.0 Å². The largest absolute Gasteiger partial charge is 0.416 e. The molecular weight excluding hydrogens is 288 g/mol. The van der Waals surface area contributed by atoms with Gasteiger partial charge in [-0.2, -0.15) is 13.2 Å². The van der Waals surface area contributed by atoms with Crippen LogP contribution in [0.2, 0.25) is 5.02 Å². The van der Waals surface area contributed by atoms with Gasteiger partial charge in [-0.05, 0) is 12.1 Å². The van der Waals surface area contributed by atoms with Gasteiger partial charge in [-0.1, -0.05) is 11.6 Å². The summed E-state index contributed by atoms with van der Waals surface area (Å²) in [5, 5.41) is -0.521. The highest BCUT2D eigenvalue weighted by atomic mass is 35.5.